The summed E-state index contributed by atoms with van der Waals surface area (Å²) in [5.74, 6) is -0.407. The van der Waals surface area contributed by atoms with E-state index in [1.165, 1.54) is 7.11 Å². The second-order valence-electron chi connectivity index (χ2n) is 3.98. The molecule has 0 aliphatic heterocycles. The SMILES string of the molecule is COCC(=O)O[C@@]1(C)CCCC[C@@H]1O. The molecule has 0 heterocycles. The Morgan fingerprint density at radius 1 is 1.57 bits per heavy atom. The predicted molar refractivity (Wildman–Crippen MR) is 50.8 cm³/mol. The minimum atomic E-state index is -0.714. The largest absolute Gasteiger partial charge is 0.455 e. The van der Waals surface area contributed by atoms with Crippen LogP contribution in [0.15, 0.2) is 0 Å². The number of aliphatic hydroxyl groups is 1. The van der Waals surface area contributed by atoms with Crippen LogP contribution < -0.4 is 0 Å². The Morgan fingerprint density at radius 3 is 2.86 bits per heavy atom. The number of hydrogen-bond acceptors (Lipinski definition) is 4. The highest BCUT2D eigenvalue weighted by Crippen LogP contribution is 2.31. The summed E-state index contributed by atoms with van der Waals surface area (Å²) in [6, 6.07) is 0. The summed E-state index contributed by atoms with van der Waals surface area (Å²) >= 11 is 0. The van der Waals surface area contributed by atoms with Gasteiger partial charge >= 0.3 is 5.97 Å². The smallest absolute Gasteiger partial charge is 0.332 e. The number of carbonyl (C=O) groups is 1. The first-order chi connectivity index (χ1) is 6.58. The fourth-order valence-corrected chi connectivity index (χ4v) is 1.81. The third-order valence-corrected chi connectivity index (χ3v) is 2.71. The van der Waals surface area contributed by atoms with Crippen molar-refractivity contribution in [3.05, 3.63) is 0 Å². The number of esters is 1. The van der Waals surface area contributed by atoms with Crippen LogP contribution in [0.4, 0.5) is 0 Å². The van der Waals surface area contributed by atoms with Crippen molar-refractivity contribution in [3.63, 3.8) is 0 Å². The molecule has 2 atom stereocenters. The molecule has 1 saturated carbocycles. The minimum Gasteiger partial charge on any atom is -0.455 e. The first kappa shape index (κ1) is 11.5. The van der Waals surface area contributed by atoms with Crippen molar-refractivity contribution in [3.8, 4) is 0 Å². The molecule has 4 nitrogen and oxygen atoms in total. The Hall–Kier alpha value is -0.610. The molecule has 4 heteroatoms. The van der Waals surface area contributed by atoms with Crippen LogP contribution in [0.1, 0.15) is 32.6 Å². The Morgan fingerprint density at radius 2 is 2.29 bits per heavy atom. The van der Waals surface area contributed by atoms with E-state index in [0.717, 1.165) is 19.3 Å². The molecule has 1 fully saturated rings. The Labute approximate surface area is 84.2 Å². The summed E-state index contributed by atoms with van der Waals surface area (Å²) in [4.78, 5) is 11.2. The number of methoxy groups -OCH3 is 1. The van der Waals surface area contributed by atoms with Gasteiger partial charge in [0.25, 0.3) is 0 Å². The maximum absolute atomic E-state index is 11.2. The summed E-state index contributed by atoms with van der Waals surface area (Å²) in [6.45, 7) is 1.73. The molecule has 1 N–H and O–H groups in total. The summed E-state index contributed by atoms with van der Waals surface area (Å²) in [7, 11) is 1.45. The minimum absolute atomic E-state index is 0.0533. The standard InChI is InChI=1S/C10H18O4/c1-10(14-9(12)7-13-2)6-4-3-5-8(10)11/h8,11H,3-7H2,1-2H3/t8-,10-/m0/s1. The van der Waals surface area contributed by atoms with Crippen LogP contribution in [-0.2, 0) is 14.3 Å². The molecule has 1 aliphatic rings. The van der Waals surface area contributed by atoms with Crippen LogP contribution in [0.3, 0.4) is 0 Å². The summed E-state index contributed by atoms with van der Waals surface area (Å²) in [5.41, 5.74) is -0.714. The number of carbonyl (C=O) groups excluding carboxylic acids is 1. The van der Waals surface area contributed by atoms with E-state index in [0.29, 0.717) is 6.42 Å². The molecule has 1 rings (SSSR count). The number of hydrogen-bond donors (Lipinski definition) is 1. The Bertz CT molecular complexity index is 204. The molecule has 0 bridgehead atoms. The van der Waals surface area contributed by atoms with Gasteiger partial charge in [0, 0.05) is 7.11 Å². The first-order valence-corrected chi connectivity index (χ1v) is 4.97. The molecule has 0 aromatic carbocycles. The highest BCUT2D eigenvalue weighted by Gasteiger charge is 2.38. The average molecular weight is 202 g/mol. The van der Waals surface area contributed by atoms with Gasteiger partial charge in [-0.05, 0) is 26.2 Å². The van der Waals surface area contributed by atoms with Gasteiger partial charge in [0.15, 0.2) is 0 Å². The second-order valence-corrected chi connectivity index (χ2v) is 3.98. The van der Waals surface area contributed by atoms with Crippen LogP contribution in [0.5, 0.6) is 0 Å². The van der Waals surface area contributed by atoms with Gasteiger partial charge in [0.05, 0.1) is 6.10 Å². The van der Waals surface area contributed by atoms with Crippen LogP contribution in [0.25, 0.3) is 0 Å². The quantitative estimate of drug-likeness (QED) is 0.690. The molecule has 0 saturated heterocycles. The number of aliphatic hydroxyl groups excluding tert-OH is 1. The highest BCUT2D eigenvalue weighted by atomic mass is 16.6. The Balaban J connectivity index is 2.50. The fraction of sp³-hybridized carbons (Fsp3) is 0.900. The maximum Gasteiger partial charge on any atom is 0.332 e. The van der Waals surface area contributed by atoms with Gasteiger partial charge in [0.2, 0.25) is 0 Å². The van der Waals surface area contributed by atoms with Gasteiger partial charge in [-0.25, -0.2) is 4.79 Å². The van der Waals surface area contributed by atoms with Gasteiger partial charge < -0.3 is 14.6 Å². The Kier molecular flexibility index (Phi) is 3.89. The summed E-state index contributed by atoms with van der Waals surface area (Å²) < 4.78 is 9.89. The zero-order valence-corrected chi connectivity index (χ0v) is 8.78. The predicted octanol–water partition coefficient (Wildman–Crippen LogP) is 0.870. The molecule has 1 aliphatic carbocycles. The monoisotopic (exact) mass is 202 g/mol. The van der Waals surface area contributed by atoms with E-state index in [9.17, 15) is 9.90 Å². The summed E-state index contributed by atoms with van der Waals surface area (Å²) in [5, 5.41) is 9.73. The van der Waals surface area contributed by atoms with E-state index in [-0.39, 0.29) is 6.61 Å². The third kappa shape index (κ3) is 2.69. The lowest BCUT2D eigenvalue weighted by molar-refractivity contribution is -0.179. The molecule has 0 aromatic rings. The molecule has 0 amide bonds. The molecule has 0 radical (unpaired) electrons. The van der Waals surface area contributed by atoms with Gasteiger partial charge in [-0.3, -0.25) is 0 Å². The zero-order chi connectivity index (χ0) is 10.6. The molecule has 0 unspecified atom stereocenters. The van der Waals surface area contributed by atoms with Crippen molar-refractivity contribution in [2.75, 3.05) is 13.7 Å². The van der Waals surface area contributed by atoms with E-state index in [1.54, 1.807) is 6.92 Å². The van der Waals surface area contributed by atoms with Gasteiger partial charge in [-0.1, -0.05) is 6.42 Å². The van der Waals surface area contributed by atoms with Gasteiger partial charge in [0.1, 0.15) is 12.2 Å². The lowest BCUT2D eigenvalue weighted by atomic mass is 9.83. The second kappa shape index (κ2) is 4.75. The van der Waals surface area contributed by atoms with E-state index in [1.807, 2.05) is 0 Å². The molecular formula is C10H18O4. The van der Waals surface area contributed by atoms with Crippen molar-refractivity contribution in [2.24, 2.45) is 0 Å². The number of ether oxygens (including phenoxy) is 2. The van der Waals surface area contributed by atoms with Gasteiger partial charge in [-0.2, -0.15) is 0 Å². The molecular weight excluding hydrogens is 184 g/mol. The van der Waals surface area contributed by atoms with E-state index < -0.39 is 17.7 Å². The van der Waals surface area contributed by atoms with Crippen molar-refractivity contribution in [1.29, 1.82) is 0 Å². The lowest BCUT2D eigenvalue weighted by Crippen LogP contribution is -2.46. The van der Waals surface area contributed by atoms with E-state index in [4.69, 9.17) is 4.74 Å². The van der Waals surface area contributed by atoms with Crippen LogP contribution in [0, 0.1) is 0 Å². The number of rotatable bonds is 3. The van der Waals surface area contributed by atoms with Crippen molar-refractivity contribution in [2.45, 2.75) is 44.3 Å². The molecule has 0 aromatic heterocycles. The highest BCUT2D eigenvalue weighted by molar-refractivity contribution is 5.71. The molecule has 0 spiro atoms. The average Bonchev–Trinajstić information content (AvgIpc) is 2.10. The van der Waals surface area contributed by atoms with Crippen LogP contribution in [0.2, 0.25) is 0 Å². The van der Waals surface area contributed by atoms with Crippen molar-refractivity contribution in [1.82, 2.24) is 0 Å². The van der Waals surface area contributed by atoms with E-state index >= 15 is 0 Å². The molecule has 82 valence electrons. The normalized spacial score (nSPS) is 32.6. The topological polar surface area (TPSA) is 55.8 Å². The van der Waals surface area contributed by atoms with Crippen molar-refractivity contribution < 1.29 is 19.4 Å². The zero-order valence-electron chi connectivity index (χ0n) is 8.78. The van der Waals surface area contributed by atoms with E-state index in [2.05, 4.69) is 4.74 Å². The lowest BCUT2D eigenvalue weighted by Gasteiger charge is -2.37. The first-order valence-electron chi connectivity index (χ1n) is 4.97. The maximum atomic E-state index is 11.2. The van der Waals surface area contributed by atoms with Gasteiger partial charge in [-0.15, -0.1) is 0 Å². The van der Waals surface area contributed by atoms with Crippen LogP contribution in [-0.4, -0.2) is 36.5 Å². The third-order valence-electron chi connectivity index (χ3n) is 2.71. The molecule has 14 heavy (non-hydrogen) atoms. The van der Waals surface area contributed by atoms with Crippen LogP contribution >= 0.6 is 0 Å². The van der Waals surface area contributed by atoms with Crippen molar-refractivity contribution >= 4 is 5.97 Å². The summed E-state index contributed by atoms with van der Waals surface area (Å²) in [6.07, 6.45) is 2.88. The fourth-order valence-electron chi connectivity index (χ4n) is 1.81.